The lowest BCUT2D eigenvalue weighted by Crippen LogP contribution is -2.20. The Morgan fingerprint density at radius 1 is 1.24 bits per heavy atom. The van der Waals surface area contributed by atoms with Gasteiger partial charge in [0.25, 0.3) is 0 Å². The molecule has 4 heteroatoms. The third-order valence-corrected chi connectivity index (χ3v) is 4.72. The lowest BCUT2D eigenvalue weighted by atomic mass is 10.0. The molecule has 0 heterocycles. The van der Waals surface area contributed by atoms with Crippen molar-refractivity contribution < 1.29 is 14.6 Å². The number of hydrogen-bond donors (Lipinski definition) is 1. The number of hydrogen-bond acceptors (Lipinski definition) is 3. The summed E-state index contributed by atoms with van der Waals surface area (Å²) in [4.78, 5) is 0. The Morgan fingerprint density at radius 3 is 2.14 bits per heavy atom. The molecule has 0 aliphatic carbocycles. The van der Waals surface area contributed by atoms with E-state index in [1.807, 2.05) is 18.2 Å². The zero-order valence-corrected chi connectivity index (χ0v) is 14.7. The van der Waals surface area contributed by atoms with Gasteiger partial charge in [-0.25, -0.2) is 0 Å². The van der Waals surface area contributed by atoms with E-state index in [0.717, 1.165) is 11.6 Å². The van der Waals surface area contributed by atoms with Crippen LogP contribution in [-0.2, 0) is 0 Å². The summed E-state index contributed by atoms with van der Waals surface area (Å²) >= 11 is 0. The van der Waals surface area contributed by atoms with Gasteiger partial charge >= 0.3 is 0 Å². The second-order valence-corrected chi connectivity index (χ2v) is 11.8. The van der Waals surface area contributed by atoms with Gasteiger partial charge in [0.05, 0.1) is 25.9 Å². The summed E-state index contributed by atoms with van der Waals surface area (Å²) in [5.41, 5.74) is 4.74. The van der Waals surface area contributed by atoms with Crippen molar-refractivity contribution >= 4 is 8.07 Å². The van der Waals surface area contributed by atoms with Crippen LogP contribution in [-0.4, -0.2) is 27.4 Å². The minimum Gasteiger partial charge on any atom is -0.496 e. The molecule has 0 aromatic heterocycles. The van der Waals surface area contributed by atoms with Gasteiger partial charge in [0.1, 0.15) is 11.5 Å². The Labute approximate surface area is 128 Å². The normalized spacial score (nSPS) is 12.5. The summed E-state index contributed by atoms with van der Waals surface area (Å²) in [7, 11) is 1.92. The van der Waals surface area contributed by atoms with E-state index >= 15 is 0 Å². The molecule has 0 fully saturated rings. The van der Waals surface area contributed by atoms with Crippen molar-refractivity contribution in [3.8, 4) is 11.5 Å². The van der Waals surface area contributed by atoms with Crippen molar-refractivity contribution in [2.45, 2.75) is 38.2 Å². The largest absolute Gasteiger partial charge is 0.496 e. The van der Waals surface area contributed by atoms with Gasteiger partial charge in [-0.1, -0.05) is 32.3 Å². The summed E-state index contributed by atoms with van der Waals surface area (Å²) in [5, 5.41) is 10.6. The lowest BCUT2D eigenvalue weighted by Gasteiger charge is -2.21. The Hall–Kier alpha value is -1.48. The van der Waals surface area contributed by atoms with E-state index in [-0.39, 0.29) is 0 Å². The van der Waals surface area contributed by atoms with E-state index in [1.165, 1.54) is 0 Å². The van der Waals surface area contributed by atoms with Gasteiger partial charge in [-0.3, -0.25) is 0 Å². The predicted octanol–water partition coefficient (Wildman–Crippen LogP) is 4.18. The molecular formula is C17H26O3Si. The van der Waals surface area contributed by atoms with Crippen molar-refractivity contribution in [1.82, 2.24) is 0 Å². The number of ether oxygens (including phenoxy) is 2. The molecule has 3 nitrogen and oxygen atoms in total. The first-order valence-electron chi connectivity index (χ1n) is 7.09. The van der Waals surface area contributed by atoms with E-state index < -0.39 is 14.2 Å². The standard InChI is InChI=1S/C17H26O3Si/c1-7-13(12-21(4,5)6)11-14(18)17-15(19-2)9-8-10-16(17)20-3/h8-10,14,18H,1,11-12H2,2-6H3. The van der Waals surface area contributed by atoms with Crippen LogP contribution >= 0.6 is 0 Å². The molecule has 0 radical (unpaired) electrons. The van der Waals surface area contributed by atoms with Gasteiger partial charge in [0.15, 0.2) is 0 Å². The van der Waals surface area contributed by atoms with Gasteiger partial charge in [0, 0.05) is 14.5 Å². The van der Waals surface area contributed by atoms with E-state index in [2.05, 4.69) is 32.0 Å². The summed E-state index contributed by atoms with van der Waals surface area (Å²) in [6.45, 7) is 10.6. The number of methoxy groups -OCH3 is 2. The zero-order chi connectivity index (χ0) is 16.0. The minimum atomic E-state index is -1.27. The second-order valence-electron chi connectivity index (χ2n) is 6.31. The van der Waals surface area contributed by atoms with Crippen molar-refractivity contribution in [3.63, 3.8) is 0 Å². The first-order valence-corrected chi connectivity index (χ1v) is 10.8. The SMILES string of the molecule is C=C=C(CC(O)c1c(OC)cccc1OC)C[Si](C)(C)C. The van der Waals surface area contributed by atoms with Crippen LogP contribution in [0.1, 0.15) is 18.1 Å². The number of aliphatic hydroxyl groups excluding tert-OH is 1. The third kappa shape index (κ3) is 5.09. The highest BCUT2D eigenvalue weighted by atomic mass is 28.3. The fourth-order valence-corrected chi connectivity index (χ4v) is 3.94. The van der Waals surface area contributed by atoms with Crippen LogP contribution in [0.15, 0.2) is 36.1 Å². The first kappa shape index (κ1) is 17.6. The van der Waals surface area contributed by atoms with E-state index in [4.69, 9.17) is 9.47 Å². The fraction of sp³-hybridized carbons (Fsp3) is 0.471. The molecule has 116 valence electrons. The lowest BCUT2D eigenvalue weighted by molar-refractivity contribution is 0.169. The Kier molecular flexibility index (Phi) is 6.28. The van der Waals surface area contributed by atoms with Gasteiger partial charge in [-0.05, 0) is 23.7 Å². The molecule has 0 amide bonds. The average Bonchev–Trinajstić information content (AvgIpc) is 2.43. The molecule has 1 N–H and O–H groups in total. The zero-order valence-electron chi connectivity index (χ0n) is 13.7. The van der Waals surface area contributed by atoms with Crippen LogP contribution in [0.3, 0.4) is 0 Å². The Bertz CT molecular complexity index is 503. The topological polar surface area (TPSA) is 38.7 Å². The first-order chi connectivity index (χ1) is 9.82. The molecule has 0 aliphatic rings. The summed E-state index contributed by atoms with van der Waals surface area (Å²) in [6.07, 6.45) is -0.179. The van der Waals surface area contributed by atoms with Crippen molar-refractivity contribution in [1.29, 1.82) is 0 Å². The highest BCUT2D eigenvalue weighted by Crippen LogP contribution is 2.37. The molecule has 0 saturated carbocycles. The Balaban J connectivity index is 3.03. The Morgan fingerprint density at radius 2 is 1.76 bits per heavy atom. The van der Waals surface area contributed by atoms with Crippen molar-refractivity contribution in [2.24, 2.45) is 0 Å². The quantitative estimate of drug-likeness (QED) is 0.607. The van der Waals surface area contributed by atoms with Crippen molar-refractivity contribution in [3.05, 3.63) is 41.6 Å². The molecular weight excluding hydrogens is 280 g/mol. The van der Waals surface area contributed by atoms with Crippen LogP contribution in [0, 0.1) is 0 Å². The molecule has 0 bridgehead atoms. The molecule has 0 spiro atoms. The van der Waals surface area contributed by atoms with Crippen LogP contribution in [0.25, 0.3) is 0 Å². The van der Waals surface area contributed by atoms with Crippen LogP contribution in [0.5, 0.6) is 11.5 Å². The number of rotatable bonds is 7. The molecule has 1 aromatic carbocycles. The van der Waals surface area contributed by atoms with Gasteiger partial charge in [0.2, 0.25) is 0 Å². The van der Waals surface area contributed by atoms with E-state index in [0.29, 0.717) is 23.5 Å². The molecule has 0 saturated heterocycles. The van der Waals surface area contributed by atoms with E-state index in [1.54, 1.807) is 14.2 Å². The van der Waals surface area contributed by atoms with Crippen LogP contribution < -0.4 is 9.47 Å². The predicted molar refractivity (Wildman–Crippen MR) is 89.9 cm³/mol. The third-order valence-electron chi connectivity index (χ3n) is 3.23. The molecule has 1 unspecified atom stereocenters. The van der Waals surface area contributed by atoms with Gasteiger partial charge in [-0.2, -0.15) is 0 Å². The smallest absolute Gasteiger partial charge is 0.128 e. The monoisotopic (exact) mass is 306 g/mol. The second kappa shape index (κ2) is 7.50. The minimum absolute atomic E-state index is 0.504. The van der Waals surface area contributed by atoms with Gasteiger partial charge < -0.3 is 14.6 Å². The molecule has 21 heavy (non-hydrogen) atoms. The molecule has 1 rings (SSSR count). The number of benzene rings is 1. The van der Waals surface area contributed by atoms with Crippen LogP contribution in [0.2, 0.25) is 25.7 Å². The maximum Gasteiger partial charge on any atom is 0.128 e. The molecule has 0 aliphatic heterocycles. The molecule has 1 aromatic rings. The molecule has 1 atom stereocenters. The number of aliphatic hydroxyl groups is 1. The summed E-state index contributed by atoms with van der Waals surface area (Å²) in [6, 6.07) is 6.49. The summed E-state index contributed by atoms with van der Waals surface area (Å²) < 4.78 is 10.7. The maximum absolute atomic E-state index is 10.6. The van der Waals surface area contributed by atoms with Crippen molar-refractivity contribution in [2.75, 3.05) is 14.2 Å². The summed E-state index contributed by atoms with van der Waals surface area (Å²) in [5.74, 6) is 1.27. The highest BCUT2D eigenvalue weighted by Gasteiger charge is 2.22. The van der Waals surface area contributed by atoms with E-state index in [9.17, 15) is 5.11 Å². The fourth-order valence-electron chi connectivity index (χ4n) is 2.39. The van der Waals surface area contributed by atoms with Crippen LogP contribution in [0.4, 0.5) is 0 Å². The average molecular weight is 306 g/mol. The van der Waals surface area contributed by atoms with Gasteiger partial charge in [-0.15, -0.1) is 5.73 Å². The highest BCUT2D eigenvalue weighted by molar-refractivity contribution is 6.76. The maximum atomic E-state index is 10.6.